The summed E-state index contributed by atoms with van der Waals surface area (Å²) in [6.07, 6.45) is 1.000. The van der Waals surface area contributed by atoms with Gasteiger partial charge in [0.15, 0.2) is 5.75 Å². The molecule has 2 amide bonds. The van der Waals surface area contributed by atoms with Gasteiger partial charge < -0.3 is 19.9 Å². The molecule has 0 spiro atoms. The predicted molar refractivity (Wildman–Crippen MR) is 139 cm³/mol. The van der Waals surface area contributed by atoms with E-state index in [1.807, 2.05) is 77.7 Å². The Labute approximate surface area is 211 Å². The van der Waals surface area contributed by atoms with Crippen molar-refractivity contribution in [3.63, 3.8) is 0 Å². The number of nitrogens with one attached hydrogen (secondary N) is 1. The van der Waals surface area contributed by atoms with Crippen LogP contribution in [0.4, 0.5) is 5.69 Å². The van der Waals surface area contributed by atoms with E-state index in [2.05, 4.69) is 12.2 Å². The van der Waals surface area contributed by atoms with E-state index >= 15 is 0 Å². The fourth-order valence-corrected chi connectivity index (χ4v) is 4.36. The van der Waals surface area contributed by atoms with Crippen molar-refractivity contribution in [3.8, 4) is 11.5 Å². The second kappa shape index (κ2) is 11.8. The molecule has 0 aliphatic carbocycles. The summed E-state index contributed by atoms with van der Waals surface area (Å²) in [7, 11) is 0. The second-order valence-electron chi connectivity index (χ2n) is 8.88. The average molecular weight is 492 g/mol. The lowest BCUT2D eigenvalue weighted by molar-refractivity contribution is -0.128. The summed E-state index contributed by atoms with van der Waals surface area (Å²) in [4.78, 5) is 29.8. The summed E-state index contributed by atoms with van der Waals surface area (Å²) in [5, 5.41) is 3.56. The number of benzene rings is 3. The Morgan fingerprint density at radius 2 is 1.80 bits per heavy atom. The zero-order valence-corrected chi connectivity index (χ0v) is 20.6. The first kappa shape index (κ1) is 24.6. The Hall–Kier alpha value is -3.51. The van der Waals surface area contributed by atoms with Gasteiger partial charge in [0.25, 0.3) is 0 Å². The number of ether oxygens (including phenoxy) is 1. The maximum absolute atomic E-state index is 13.1. The van der Waals surface area contributed by atoms with Crippen molar-refractivity contribution >= 4 is 29.1 Å². The standard InChI is InChI=1S/C28H30ClN3O3/c1-21-14-15-31(18-21)28(34)20-32(19-27(33)30-17-22-8-7-9-23(29)16-22)25-12-5-6-13-26(25)35-24-10-3-2-4-11-24/h2-13,16,21H,14-15,17-20H2,1H3,(H,30,33). The highest BCUT2D eigenvalue weighted by molar-refractivity contribution is 6.30. The summed E-state index contributed by atoms with van der Waals surface area (Å²) in [6.45, 7) is 4.11. The van der Waals surface area contributed by atoms with Gasteiger partial charge in [0, 0.05) is 24.7 Å². The number of nitrogens with zero attached hydrogens (tertiary/aromatic N) is 2. The van der Waals surface area contributed by atoms with Crippen LogP contribution < -0.4 is 15.0 Å². The van der Waals surface area contributed by atoms with Crippen LogP contribution in [0.5, 0.6) is 11.5 Å². The summed E-state index contributed by atoms with van der Waals surface area (Å²) >= 11 is 6.06. The molecular formula is C28H30ClN3O3. The number of halogens is 1. The smallest absolute Gasteiger partial charge is 0.242 e. The third-order valence-electron chi connectivity index (χ3n) is 5.99. The van der Waals surface area contributed by atoms with Crippen LogP contribution in [0.25, 0.3) is 0 Å². The van der Waals surface area contributed by atoms with Crippen molar-refractivity contribution in [2.45, 2.75) is 19.9 Å². The van der Waals surface area contributed by atoms with Crippen LogP contribution in [0.2, 0.25) is 5.02 Å². The van der Waals surface area contributed by atoms with Crippen LogP contribution >= 0.6 is 11.6 Å². The molecule has 1 N–H and O–H groups in total. The Bertz CT molecular complexity index is 1150. The molecule has 6 nitrogen and oxygen atoms in total. The molecule has 1 aliphatic heterocycles. The van der Waals surface area contributed by atoms with Crippen molar-refractivity contribution in [3.05, 3.63) is 89.4 Å². The van der Waals surface area contributed by atoms with Gasteiger partial charge in [0.1, 0.15) is 5.75 Å². The quantitative estimate of drug-likeness (QED) is 0.451. The molecule has 0 aromatic heterocycles. The zero-order chi connectivity index (χ0) is 24.6. The maximum Gasteiger partial charge on any atom is 0.242 e. The molecule has 7 heteroatoms. The highest BCUT2D eigenvalue weighted by atomic mass is 35.5. The Morgan fingerprint density at radius 3 is 2.54 bits per heavy atom. The van der Waals surface area contributed by atoms with Gasteiger partial charge in [0.2, 0.25) is 11.8 Å². The van der Waals surface area contributed by atoms with E-state index in [0.717, 1.165) is 25.1 Å². The summed E-state index contributed by atoms with van der Waals surface area (Å²) in [5.74, 6) is 1.57. The lowest BCUT2D eigenvalue weighted by Gasteiger charge is -2.28. The molecule has 182 valence electrons. The first-order valence-corrected chi connectivity index (χ1v) is 12.2. The second-order valence-corrected chi connectivity index (χ2v) is 9.32. The van der Waals surface area contributed by atoms with E-state index in [1.165, 1.54) is 0 Å². The molecule has 1 unspecified atom stereocenters. The highest BCUT2D eigenvalue weighted by Gasteiger charge is 2.26. The maximum atomic E-state index is 13.1. The van der Waals surface area contributed by atoms with Gasteiger partial charge in [0.05, 0.1) is 18.8 Å². The van der Waals surface area contributed by atoms with Crippen LogP contribution in [0.15, 0.2) is 78.9 Å². The Balaban J connectivity index is 1.52. The van der Waals surface area contributed by atoms with Crippen molar-refractivity contribution in [2.75, 3.05) is 31.1 Å². The summed E-state index contributed by atoms with van der Waals surface area (Å²) in [5.41, 5.74) is 1.60. The predicted octanol–water partition coefficient (Wildman–Crippen LogP) is 5.12. The molecule has 4 rings (SSSR count). The van der Waals surface area contributed by atoms with Crippen molar-refractivity contribution in [1.29, 1.82) is 0 Å². The molecular weight excluding hydrogens is 462 g/mol. The van der Waals surface area contributed by atoms with Crippen LogP contribution in [-0.2, 0) is 16.1 Å². The van der Waals surface area contributed by atoms with Gasteiger partial charge in [-0.3, -0.25) is 9.59 Å². The van der Waals surface area contributed by atoms with Crippen LogP contribution in [0.3, 0.4) is 0 Å². The Morgan fingerprint density at radius 1 is 1.03 bits per heavy atom. The molecule has 3 aromatic rings. The Kier molecular flexibility index (Phi) is 8.27. The fourth-order valence-electron chi connectivity index (χ4n) is 4.15. The lowest BCUT2D eigenvalue weighted by atomic mass is 10.2. The van der Waals surface area contributed by atoms with Gasteiger partial charge >= 0.3 is 0 Å². The van der Waals surface area contributed by atoms with Crippen LogP contribution in [0.1, 0.15) is 18.9 Å². The van der Waals surface area contributed by atoms with Crippen molar-refractivity contribution in [2.24, 2.45) is 5.92 Å². The van der Waals surface area contributed by atoms with E-state index in [-0.39, 0.29) is 24.9 Å². The first-order chi connectivity index (χ1) is 17.0. The van der Waals surface area contributed by atoms with E-state index < -0.39 is 0 Å². The topological polar surface area (TPSA) is 61.9 Å². The highest BCUT2D eigenvalue weighted by Crippen LogP contribution is 2.32. The van der Waals surface area contributed by atoms with E-state index in [9.17, 15) is 9.59 Å². The number of hydrogen-bond acceptors (Lipinski definition) is 4. The number of likely N-dealkylation sites (tertiary alicyclic amines) is 1. The third-order valence-corrected chi connectivity index (χ3v) is 6.23. The average Bonchev–Trinajstić information content (AvgIpc) is 3.30. The van der Waals surface area contributed by atoms with Gasteiger partial charge in [-0.15, -0.1) is 0 Å². The number of anilines is 1. The number of hydrogen-bond donors (Lipinski definition) is 1. The molecule has 1 aliphatic rings. The largest absolute Gasteiger partial charge is 0.455 e. The molecule has 0 saturated carbocycles. The first-order valence-electron chi connectivity index (χ1n) is 11.8. The number of para-hydroxylation sites is 3. The minimum absolute atomic E-state index is 0.00602. The third kappa shape index (κ3) is 6.99. The van der Waals surface area contributed by atoms with Gasteiger partial charge in [-0.1, -0.05) is 61.0 Å². The number of carbonyl (C=O) groups excluding carboxylic acids is 2. The molecule has 1 saturated heterocycles. The van der Waals surface area contributed by atoms with Gasteiger partial charge in [-0.2, -0.15) is 0 Å². The minimum atomic E-state index is -0.193. The number of carbonyl (C=O) groups is 2. The van der Waals surface area contributed by atoms with Crippen molar-refractivity contribution in [1.82, 2.24) is 10.2 Å². The molecule has 35 heavy (non-hydrogen) atoms. The fraction of sp³-hybridized carbons (Fsp3) is 0.286. The summed E-state index contributed by atoms with van der Waals surface area (Å²) in [6, 6.07) is 24.3. The number of rotatable bonds is 9. The molecule has 3 aromatic carbocycles. The van der Waals surface area contributed by atoms with E-state index in [1.54, 1.807) is 11.0 Å². The molecule has 1 fully saturated rings. The molecule has 0 radical (unpaired) electrons. The van der Waals surface area contributed by atoms with Crippen LogP contribution in [0, 0.1) is 5.92 Å². The molecule has 1 atom stereocenters. The normalized spacial score (nSPS) is 15.0. The minimum Gasteiger partial charge on any atom is -0.455 e. The lowest BCUT2D eigenvalue weighted by Crippen LogP contribution is -2.44. The van der Waals surface area contributed by atoms with Gasteiger partial charge in [-0.25, -0.2) is 0 Å². The molecule has 0 bridgehead atoms. The van der Waals surface area contributed by atoms with Gasteiger partial charge in [-0.05, 0) is 54.3 Å². The zero-order valence-electron chi connectivity index (χ0n) is 19.8. The van der Waals surface area contributed by atoms with Crippen LogP contribution in [-0.4, -0.2) is 42.9 Å². The summed E-state index contributed by atoms with van der Waals surface area (Å²) < 4.78 is 6.13. The van der Waals surface area contributed by atoms with Crippen molar-refractivity contribution < 1.29 is 14.3 Å². The van der Waals surface area contributed by atoms with E-state index in [0.29, 0.717) is 34.7 Å². The number of amides is 2. The van der Waals surface area contributed by atoms with E-state index in [4.69, 9.17) is 16.3 Å². The monoisotopic (exact) mass is 491 g/mol. The SMILES string of the molecule is CC1CCN(C(=O)CN(CC(=O)NCc2cccc(Cl)c2)c2ccccc2Oc2ccccc2)C1. The molecule has 1 heterocycles.